The van der Waals surface area contributed by atoms with Crippen LogP contribution in [0, 0.1) is 0 Å². The molecule has 23 heavy (non-hydrogen) atoms. The Hall–Kier alpha value is -2.44. The van der Waals surface area contributed by atoms with E-state index in [0.717, 1.165) is 10.6 Å². The van der Waals surface area contributed by atoms with Crippen LogP contribution in [0.5, 0.6) is 0 Å². The van der Waals surface area contributed by atoms with Gasteiger partial charge in [-0.2, -0.15) is 18.3 Å². The predicted molar refractivity (Wildman–Crippen MR) is 79.9 cm³/mol. The molecule has 0 amide bonds. The van der Waals surface area contributed by atoms with Gasteiger partial charge >= 0.3 is 6.18 Å². The van der Waals surface area contributed by atoms with Gasteiger partial charge in [0.2, 0.25) is 0 Å². The van der Waals surface area contributed by atoms with Gasteiger partial charge in [-0.05, 0) is 18.2 Å². The minimum absolute atomic E-state index is 0.177. The first kappa shape index (κ1) is 15.5. The van der Waals surface area contributed by atoms with Crippen LogP contribution < -0.4 is 0 Å². The zero-order chi connectivity index (χ0) is 16.8. The lowest BCUT2D eigenvalue weighted by molar-refractivity contribution is -0.142. The summed E-state index contributed by atoms with van der Waals surface area (Å²) in [5.74, 6) is 0. The zero-order valence-electron chi connectivity index (χ0n) is 12.9. The van der Waals surface area contributed by atoms with Crippen molar-refractivity contribution in [2.45, 2.75) is 32.4 Å². The SMILES string of the molecule is CC(C)(C)c1cc2nc(-c3ccncc3)cc(C(F)(F)F)n2n1. The molecule has 0 N–H and O–H groups in total. The van der Waals surface area contributed by atoms with E-state index in [1.54, 1.807) is 18.2 Å². The van der Waals surface area contributed by atoms with Crippen LogP contribution in [0.3, 0.4) is 0 Å². The van der Waals surface area contributed by atoms with Crippen molar-refractivity contribution < 1.29 is 13.2 Å². The Bertz CT molecular complexity index is 845. The van der Waals surface area contributed by atoms with E-state index in [2.05, 4.69) is 15.1 Å². The highest BCUT2D eigenvalue weighted by atomic mass is 19.4. The predicted octanol–water partition coefficient (Wildman–Crippen LogP) is 4.11. The molecule has 0 aliphatic heterocycles. The zero-order valence-corrected chi connectivity index (χ0v) is 12.9. The Balaban J connectivity index is 2.30. The smallest absolute Gasteiger partial charge is 0.265 e. The summed E-state index contributed by atoms with van der Waals surface area (Å²) >= 11 is 0. The van der Waals surface area contributed by atoms with Gasteiger partial charge in [-0.3, -0.25) is 4.98 Å². The van der Waals surface area contributed by atoms with Crippen LogP contribution >= 0.6 is 0 Å². The molecule has 3 heterocycles. The molecular weight excluding hydrogens is 305 g/mol. The van der Waals surface area contributed by atoms with Gasteiger partial charge in [0.15, 0.2) is 11.3 Å². The number of alkyl halides is 3. The fourth-order valence-corrected chi connectivity index (χ4v) is 2.21. The number of hydrogen-bond acceptors (Lipinski definition) is 3. The summed E-state index contributed by atoms with van der Waals surface area (Å²) < 4.78 is 41.1. The summed E-state index contributed by atoms with van der Waals surface area (Å²) in [4.78, 5) is 8.20. The highest BCUT2D eigenvalue weighted by molar-refractivity contribution is 5.62. The molecule has 7 heteroatoms. The molecule has 0 fully saturated rings. The highest BCUT2D eigenvalue weighted by Crippen LogP contribution is 2.33. The Morgan fingerprint density at radius 2 is 1.65 bits per heavy atom. The van der Waals surface area contributed by atoms with Gasteiger partial charge in [0, 0.05) is 29.4 Å². The van der Waals surface area contributed by atoms with E-state index in [9.17, 15) is 13.2 Å². The molecule has 0 radical (unpaired) electrons. The molecule has 0 aliphatic carbocycles. The second-order valence-electron chi connectivity index (χ2n) is 6.31. The summed E-state index contributed by atoms with van der Waals surface area (Å²) in [6.45, 7) is 5.68. The van der Waals surface area contributed by atoms with Gasteiger partial charge in [0.1, 0.15) is 0 Å². The molecule has 0 unspecified atom stereocenters. The number of hydrogen-bond donors (Lipinski definition) is 0. The van der Waals surface area contributed by atoms with Crippen LogP contribution in [-0.4, -0.2) is 19.6 Å². The van der Waals surface area contributed by atoms with Crippen molar-refractivity contribution in [2.75, 3.05) is 0 Å². The van der Waals surface area contributed by atoms with E-state index in [1.165, 1.54) is 12.4 Å². The first-order chi connectivity index (χ1) is 10.7. The Kier molecular flexibility index (Phi) is 3.39. The largest absolute Gasteiger partial charge is 0.433 e. The monoisotopic (exact) mass is 320 g/mol. The molecular formula is C16H15F3N4. The fraction of sp³-hybridized carbons (Fsp3) is 0.312. The van der Waals surface area contributed by atoms with Crippen LogP contribution in [0.2, 0.25) is 0 Å². The van der Waals surface area contributed by atoms with Crippen molar-refractivity contribution >= 4 is 5.65 Å². The molecule has 3 aromatic heterocycles. The molecule has 0 atom stereocenters. The topological polar surface area (TPSA) is 43.1 Å². The van der Waals surface area contributed by atoms with Crippen molar-refractivity contribution in [3.05, 3.63) is 48.0 Å². The Morgan fingerprint density at radius 3 is 2.22 bits per heavy atom. The summed E-state index contributed by atoms with van der Waals surface area (Å²) in [5, 5.41) is 4.11. The molecule has 4 nitrogen and oxygen atoms in total. The minimum Gasteiger partial charge on any atom is -0.265 e. The van der Waals surface area contributed by atoms with Gasteiger partial charge in [0.25, 0.3) is 0 Å². The second-order valence-corrected chi connectivity index (χ2v) is 6.31. The lowest BCUT2D eigenvalue weighted by Crippen LogP contribution is -2.15. The van der Waals surface area contributed by atoms with E-state index in [-0.39, 0.29) is 16.8 Å². The number of pyridine rings is 1. The lowest BCUT2D eigenvalue weighted by Gasteiger charge is -2.14. The maximum Gasteiger partial charge on any atom is 0.433 e. The summed E-state index contributed by atoms with van der Waals surface area (Å²) in [7, 11) is 0. The van der Waals surface area contributed by atoms with Crippen LogP contribution in [0.25, 0.3) is 16.9 Å². The summed E-state index contributed by atoms with van der Waals surface area (Å²) in [6.07, 6.45) is -1.49. The van der Waals surface area contributed by atoms with Crippen molar-refractivity contribution in [1.82, 2.24) is 19.6 Å². The van der Waals surface area contributed by atoms with E-state index in [0.29, 0.717) is 11.3 Å². The van der Waals surface area contributed by atoms with Crippen molar-refractivity contribution in [3.63, 3.8) is 0 Å². The summed E-state index contributed by atoms with van der Waals surface area (Å²) in [6, 6.07) is 5.86. The first-order valence-corrected chi connectivity index (χ1v) is 7.05. The maximum absolute atomic E-state index is 13.4. The molecule has 3 aromatic rings. The number of aromatic nitrogens is 4. The molecule has 0 spiro atoms. The molecule has 3 rings (SSSR count). The average molecular weight is 320 g/mol. The van der Waals surface area contributed by atoms with E-state index >= 15 is 0 Å². The van der Waals surface area contributed by atoms with E-state index in [1.807, 2.05) is 20.8 Å². The standard InChI is InChI=1S/C16H15F3N4/c1-15(2,3)12-9-14-21-11(10-4-6-20-7-5-10)8-13(16(17,18)19)23(14)22-12/h4-9H,1-3H3. The average Bonchev–Trinajstić information content (AvgIpc) is 2.90. The molecule has 0 aliphatic rings. The number of nitrogens with zero attached hydrogens (tertiary/aromatic N) is 4. The number of halogens is 3. The van der Waals surface area contributed by atoms with E-state index in [4.69, 9.17) is 0 Å². The lowest BCUT2D eigenvalue weighted by atomic mass is 9.93. The van der Waals surface area contributed by atoms with Crippen molar-refractivity contribution in [3.8, 4) is 11.3 Å². The quantitative estimate of drug-likeness (QED) is 0.678. The van der Waals surface area contributed by atoms with Crippen LogP contribution in [-0.2, 0) is 11.6 Å². The number of rotatable bonds is 1. The Labute approximate surface area is 131 Å². The maximum atomic E-state index is 13.4. The molecule has 0 saturated carbocycles. The van der Waals surface area contributed by atoms with Crippen LogP contribution in [0.1, 0.15) is 32.2 Å². The van der Waals surface area contributed by atoms with Gasteiger partial charge < -0.3 is 0 Å². The third-order valence-corrected chi connectivity index (χ3v) is 3.46. The Morgan fingerprint density at radius 1 is 1.00 bits per heavy atom. The van der Waals surface area contributed by atoms with Gasteiger partial charge in [-0.25, -0.2) is 9.50 Å². The molecule has 0 saturated heterocycles. The molecule has 0 bridgehead atoms. The van der Waals surface area contributed by atoms with E-state index < -0.39 is 11.9 Å². The van der Waals surface area contributed by atoms with Crippen LogP contribution in [0.15, 0.2) is 36.7 Å². The third kappa shape index (κ3) is 2.91. The van der Waals surface area contributed by atoms with Gasteiger partial charge in [-0.15, -0.1) is 0 Å². The summed E-state index contributed by atoms with van der Waals surface area (Å²) in [5.41, 5.74) is 0.343. The van der Waals surface area contributed by atoms with Crippen LogP contribution in [0.4, 0.5) is 13.2 Å². The van der Waals surface area contributed by atoms with Gasteiger partial charge in [0.05, 0.1) is 11.4 Å². The highest BCUT2D eigenvalue weighted by Gasteiger charge is 2.36. The van der Waals surface area contributed by atoms with Crippen molar-refractivity contribution in [1.29, 1.82) is 0 Å². The van der Waals surface area contributed by atoms with Gasteiger partial charge in [-0.1, -0.05) is 20.8 Å². The second kappa shape index (κ2) is 5.04. The fourth-order valence-electron chi connectivity index (χ4n) is 2.21. The third-order valence-electron chi connectivity index (χ3n) is 3.46. The van der Waals surface area contributed by atoms with Crippen molar-refractivity contribution in [2.24, 2.45) is 0 Å². The normalized spacial score (nSPS) is 12.8. The number of fused-ring (bicyclic) bond motifs is 1. The molecule has 120 valence electrons. The molecule has 0 aromatic carbocycles. The first-order valence-electron chi connectivity index (χ1n) is 7.05. The minimum atomic E-state index is -4.52.